The molecule has 7 heteroatoms. The highest BCUT2D eigenvalue weighted by Crippen LogP contribution is 2.30. The molecule has 21 heavy (non-hydrogen) atoms. The van der Waals surface area contributed by atoms with Crippen LogP contribution in [0, 0.1) is 10.1 Å². The van der Waals surface area contributed by atoms with Crippen LogP contribution in [0.1, 0.15) is 29.6 Å². The number of carbonyl (C=O) groups is 1. The molecule has 1 aliphatic rings. The maximum atomic E-state index is 12.2. The van der Waals surface area contributed by atoms with Crippen molar-refractivity contribution < 1.29 is 14.5 Å². The van der Waals surface area contributed by atoms with Gasteiger partial charge in [0.1, 0.15) is 0 Å². The summed E-state index contributed by atoms with van der Waals surface area (Å²) in [7, 11) is 1.32. The Morgan fingerprint density at radius 3 is 2.95 bits per heavy atom. The first-order chi connectivity index (χ1) is 10.1. The monoisotopic (exact) mass is 293 g/mol. The Kier molecular flexibility index (Phi) is 5.10. The molecule has 1 aromatic carbocycles. The Balaban J connectivity index is 2.07. The summed E-state index contributed by atoms with van der Waals surface area (Å²) in [5.41, 5.74) is -0.0246. The minimum absolute atomic E-state index is 0.00315. The van der Waals surface area contributed by atoms with Gasteiger partial charge >= 0.3 is 5.69 Å². The summed E-state index contributed by atoms with van der Waals surface area (Å²) in [5, 5.41) is 17.1. The van der Waals surface area contributed by atoms with E-state index in [9.17, 15) is 14.9 Å². The van der Waals surface area contributed by atoms with Gasteiger partial charge in [0.05, 0.1) is 17.6 Å². The fourth-order valence-electron chi connectivity index (χ4n) is 2.47. The molecule has 1 amide bonds. The molecule has 2 rings (SSSR count). The fourth-order valence-corrected chi connectivity index (χ4v) is 2.47. The molecule has 1 saturated heterocycles. The van der Waals surface area contributed by atoms with E-state index in [0.29, 0.717) is 6.54 Å². The van der Waals surface area contributed by atoms with Crippen LogP contribution in [0.2, 0.25) is 0 Å². The normalized spacial score (nSPS) is 18.0. The summed E-state index contributed by atoms with van der Waals surface area (Å²) in [5.74, 6) is -0.362. The average molecular weight is 293 g/mol. The maximum Gasteiger partial charge on any atom is 0.311 e. The molecule has 1 unspecified atom stereocenters. The van der Waals surface area contributed by atoms with Crippen LogP contribution < -0.4 is 15.4 Å². The fraction of sp³-hybridized carbons (Fsp3) is 0.500. The topological polar surface area (TPSA) is 93.5 Å². The largest absolute Gasteiger partial charge is 0.490 e. The van der Waals surface area contributed by atoms with E-state index in [0.717, 1.165) is 25.8 Å². The van der Waals surface area contributed by atoms with Gasteiger partial charge < -0.3 is 15.4 Å². The number of nitrogens with zero attached hydrogens (tertiary/aromatic N) is 1. The second-order valence-corrected chi connectivity index (χ2v) is 4.97. The predicted octanol–water partition coefficient (Wildman–Crippen LogP) is 1.48. The number of para-hydroxylation sites is 1. The first kappa shape index (κ1) is 15.2. The number of benzene rings is 1. The van der Waals surface area contributed by atoms with Gasteiger partial charge in [-0.2, -0.15) is 0 Å². The van der Waals surface area contributed by atoms with Crippen LogP contribution in [0.25, 0.3) is 0 Å². The molecular formula is C14H19N3O4. The standard InChI is InChI=1S/C14H19N3O4/c1-21-13-11(6-4-7-12(13)17(19)20)14(18)16-9-10-5-2-3-8-15-10/h4,6-7,10,15H,2-3,5,8-9H2,1H3,(H,16,18). The van der Waals surface area contributed by atoms with Crippen LogP contribution >= 0.6 is 0 Å². The van der Waals surface area contributed by atoms with Crippen LogP contribution in [0.4, 0.5) is 5.69 Å². The van der Waals surface area contributed by atoms with Crippen LogP contribution in [0.5, 0.6) is 5.75 Å². The van der Waals surface area contributed by atoms with E-state index < -0.39 is 4.92 Å². The number of piperidine rings is 1. The predicted molar refractivity (Wildman–Crippen MR) is 77.6 cm³/mol. The third-order valence-corrected chi connectivity index (χ3v) is 3.56. The molecule has 1 fully saturated rings. The van der Waals surface area contributed by atoms with Gasteiger partial charge in [0.2, 0.25) is 5.75 Å². The van der Waals surface area contributed by atoms with E-state index in [1.807, 2.05) is 0 Å². The molecule has 1 aromatic rings. The van der Waals surface area contributed by atoms with Gasteiger partial charge in [-0.1, -0.05) is 12.5 Å². The average Bonchev–Trinajstić information content (AvgIpc) is 2.52. The third kappa shape index (κ3) is 3.69. The lowest BCUT2D eigenvalue weighted by atomic mass is 10.0. The number of hydrogen-bond acceptors (Lipinski definition) is 5. The molecule has 0 bridgehead atoms. The van der Waals surface area contributed by atoms with Crippen molar-refractivity contribution >= 4 is 11.6 Å². The summed E-state index contributed by atoms with van der Waals surface area (Å²) < 4.78 is 5.03. The van der Waals surface area contributed by atoms with Crippen molar-refractivity contribution in [3.63, 3.8) is 0 Å². The number of hydrogen-bond donors (Lipinski definition) is 2. The van der Waals surface area contributed by atoms with Crippen molar-refractivity contribution in [3.8, 4) is 5.75 Å². The summed E-state index contributed by atoms with van der Waals surface area (Å²) in [6.45, 7) is 1.46. The number of nitro benzene ring substituents is 1. The van der Waals surface area contributed by atoms with Gasteiger partial charge in [-0.15, -0.1) is 0 Å². The molecule has 0 saturated carbocycles. The van der Waals surface area contributed by atoms with Crippen LogP contribution in [0.15, 0.2) is 18.2 Å². The van der Waals surface area contributed by atoms with Gasteiger partial charge in [-0.05, 0) is 25.5 Å². The quantitative estimate of drug-likeness (QED) is 0.633. The zero-order chi connectivity index (χ0) is 15.2. The maximum absolute atomic E-state index is 12.2. The van der Waals surface area contributed by atoms with Crippen molar-refractivity contribution in [3.05, 3.63) is 33.9 Å². The lowest BCUT2D eigenvalue weighted by Crippen LogP contribution is -2.43. The number of carbonyl (C=O) groups excluding carboxylic acids is 1. The van der Waals surface area contributed by atoms with Crippen LogP contribution in [-0.4, -0.2) is 37.1 Å². The molecule has 1 aliphatic heterocycles. The van der Waals surface area contributed by atoms with Gasteiger partial charge in [-0.3, -0.25) is 14.9 Å². The zero-order valence-electron chi connectivity index (χ0n) is 11.9. The smallest absolute Gasteiger partial charge is 0.311 e. The highest BCUT2D eigenvalue weighted by Gasteiger charge is 2.23. The van der Waals surface area contributed by atoms with Gasteiger partial charge in [0, 0.05) is 18.7 Å². The Labute approximate surface area is 122 Å². The second-order valence-electron chi connectivity index (χ2n) is 4.97. The lowest BCUT2D eigenvalue weighted by Gasteiger charge is -2.23. The lowest BCUT2D eigenvalue weighted by molar-refractivity contribution is -0.385. The van der Waals surface area contributed by atoms with Crippen molar-refractivity contribution in [2.24, 2.45) is 0 Å². The molecule has 1 heterocycles. The number of amides is 1. The Morgan fingerprint density at radius 1 is 1.52 bits per heavy atom. The molecule has 114 valence electrons. The molecule has 0 aliphatic carbocycles. The number of methoxy groups -OCH3 is 1. The minimum atomic E-state index is -0.557. The van der Waals surface area contributed by atoms with E-state index in [2.05, 4.69) is 10.6 Å². The first-order valence-electron chi connectivity index (χ1n) is 6.96. The van der Waals surface area contributed by atoms with Crippen LogP contribution in [0.3, 0.4) is 0 Å². The zero-order valence-corrected chi connectivity index (χ0v) is 11.9. The van der Waals surface area contributed by atoms with E-state index >= 15 is 0 Å². The van der Waals surface area contributed by atoms with E-state index in [1.54, 1.807) is 0 Å². The summed E-state index contributed by atoms with van der Waals surface area (Å²) in [4.78, 5) is 22.6. The molecule has 0 radical (unpaired) electrons. The van der Waals surface area contributed by atoms with Crippen molar-refractivity contribution in [1.29, 1.82) is 0 Å². The summed E-state index contributed by atoms with van der Waals surface area (Å²) in [6.07, 6.45) is 3.32. The number of nitro groups is 1. The Hall–Kier alpha value is -2.15. The minimum Gasteiger partial charge on any atom is -0.490 e. The summed E-state index contributed by atoms with van der Waals surface area (Å²) in [6, 6.07) is 4.58. The van der Waals surface area contributed by atoms with E-state index in [4.69, 9.17) is 4.74 Å². The van der Waals surface area contributed by atoms with Crippen LogP contribution in [-0.2, 0) is 0 Å². The van der Waals surface area contributed by atoms with Gasteiger partial charge in [0.15, 0.2) is 0 Å². The molecule has 1 atom stereocenters. The summed E-state index contributed by atoms with van der Waals surface area (Å²) >= 11 is 0. The van der Waals surface area contributed by atoms with Gasteiger partial charge in [-0.25, -0.2) is 0 Å². The molecule has 0 aromatic heterocycles. The molecular weight excluding hydrogens is 274 g/mol. The third-order valence-electron chi connectivity index (χ3n) is 3.56. The molecule has 7 nitrogen and oxygen atoms in total. The Bertz CT molecular complexity index is 527. The van der Waals surface area contributed by atoms with Crippen molar-refractivity contribution in [2.45, 2.75) is 25.3 Å². The van der Waals surface area contributed by atoms with Crippen molar-refractivity contribution in [2.75, 3.05) is 20.2 Å². The molecule has 2 N–H and O–H groups in total. The highest BCUT2D eigenvalue weighted by atomic mass is 16.6. The number of ether oxygens (including phenoxy) is 1. The number of rotatable bonds is 5. The Morgan fingerprint density at radius 2 is 2.33 bits per heavy atom. The number of nitrogens with one attached hydrogen (secondary N) is 2. The van der Waals surface area contributed by atoms with E-state index in [-0.39, 0.29) is 28.9 Å². The van der Waals surface area contributed by atoms with E-state index in [1.165, 1.54) is 25.3 Å². The SMILES string of the molecule is COc1c(C(=O)NCC2CCCCN2)cccc1[N+](=O)[O-]. The van der Waals surface area contributed by atoms with Crippen molar-refractivity contribution in [1.82, 2.24) is 10.6 Å². The highest BCUT2D eigenvalue weighted by molar-refractivity contribution is 5.98. The second kappa shape index (κ2) is 7.03. The first-order valence-corrected chi connectivity index (χ1v) is 6.96. The van der Waals surface area contributed by atoms with Gasteiger partial charge in [0.25, 0.3) is 5.91 Å². The molecule has 0 spiro atoms.